The molecule has 9 heavy (non-hydrogen) atoms. The van der Waals surface area contributed by atoms with E-state index < -0.39 is 0 Å². The standard InChI is InChI=1S/C7H14OS/c1-7(2)3-4-9-5-6(7)8/h6,8H,3-5H2,1-2H3. The quantitative estimate of drug-likeness (QED) is 0.559. The molecule has 1 N–H and O–H groups in total. The fourth-order valence-corrected chi connectivity index (χ4v) is 2.43. The van der Waals surface area contributed by atoms with E-state index in [0.717, 1.165) is 12.2 Å². The molecule has 1 atom stereocenters. The molecule has 1 aliphatic rings. The van der Waals surface area contributed by atoms with Gasteiger partial charge in [-0.3, -0.25) is 0 Å². The van der Waals surface area contributed by atoms with Gasteiger partial charge in [-0.25, -0.2) is 0 Å². The van der Waals surface area contributed by atoms with Crippen LogP contribution >= 0.6 is 11.8 Å². The van der Waals surface area contributed by atoms with Crippen LogP contribution in [0.25, 0.3) is 0 Å². The fourth-order valence-electron chi connectivity index (χ4n) is 0.922. The van der Waals surface area contributed by atoms with Crippen LogP contribution in [0.15, 0.2) is 0 Å². The second-order valence-corrected chi connectivity index (χ2v) is 4.48. The first kappa shape index (κ1) is 7.42. The van der Waals surface area contributed by atoms with Gasteiger partial charge in [-0.1, -0.05) is 13.8 Å². The smallest absolute Gasteiger partial charge is 0.0681 e. The molecule has 1 fully saturated rings. The highest BCUT2D eigenvalue weighted by atomic mass is 32.2. The highest BCUT2D eigenvalue weighted by molar-refractivity contribution is 7.99. The Morgan fingerprint density at radius 1 is 1.56 bits per heavy atom. The minimum Gasteiger partial charge on any atom is -0.392 e. The second kappa shape index (κ2) is 2.51. The molecule has 1 aliphatic heterocycles. The average Bonchev–Trinajstić information content (AvgIpc) is 1.77. The van der Waals surface area contributed by atoms with Crippen molar-refractivity contribution in [2.24, 2.45) is 5.41 Å². The van der Waals surface area contributed by atoms with Gasteiger partial charge in [-0.05, 0) is 17.6 Å². The Labute approximate surface area is 60.8 Å². The zero-order chi connectivity index (χ0) is 6.91. The van der Waals surface area contributed by atoms with Crippen molar-refractivity contribution >= 4 is 11.8 Å². The monoisotopic (exact) mass is 146 g/mol. The first-order valence-corrected chi connectivity index (χ1v) is 4.54. The summed E-state index contributed by atoms with van der Waals surface area (Å²) in [6, 6.07) is 0. The molecule has 1 saturated heterocycles. The van der Waals surface area contributed by atoms with Crippen molar-refractivity contribution in [3.05, 3.63) is 0 Å². The van der Waals surface area contributed by atoms with Crippen molar-refractivity contribution in [3.63, 3.8) is 0 Å². The number of rotatable bonds is 0. The molecule has 0 radical (unpaired) electrons. The Morgan fingerprint density at radius 3 is 2.56 bits per heavy atom. The van der Waals surface area contributed by atoms with E-state index in [1.807, 2.05) is 11.8 Å². The average molecular weight is 146 g/mol. The zero-order valence-electron chi connectivity index (χ0n) is 6.05. The third-order valence-electron chi connectivity index (χ3n) is 2.07. The number of thioether (sulfide) groups is 1. The Bertz CT molecular complexity index is 101. The molecular weight excluding hydrogens is 132 g/mol. The third-order valence-corrected chi connectivity index (χ3v) is 3.11. The molecule has 0 spiro atoms. The minimum absolute atomic E-state index is 0.0868. The number of aliphatic hydroxyl groups excluding tert-OH is 1. The van der Waals surface area contributed by atoms with Gasteiger partial charge in [0.1, 0.15) is 0 Å². The Morgan fingerprint density at radius 2 is 2.22 bits per heavy atom. The Kier molecular flexibility index (Phi) is 2.07. The highest BCUT2D eigenvalue weighted by Gasteiger charge is 2.30. The third kappa shape index (κ3) is 1.62. The Balaban J connectivity index is 2.49. The van der Waals surface area contributed by atoms with E-state index in [0.29, 0.717) is 0 Å². The molecule has 2 heteroatoms. The van der Waals surface area contributed by atoms with Crippen molar-refractivity contribution in [1.29, 1.82) is 0 Å². The van der Waals surface area contributed by atoms with E-state index in [1.54, 1.807) is 0 Å². The van der Waals surface area contributed by atoms with Gasteiger partial charge in [0.15, 0.2) is 0 Å². The molecule has 0 aromatic heterocycles. The van der Waals surface area contributed by atoms with Crippen molar-refractivity contribution in [2.75, 3.05) is 11.5 Å². The summed E-state index contributed by atoms with van der Waals surface area (Å²) in [4.78, 5) is 0. The van der Waals surface area contributed by atoms with E-state index in [-0.39, 0.29) is 11.5 Å². The molecule has 0 saturated carbocycles. The largest absolute Gasteiger partial charge is 0.392 e. The minimum atomic E-state index is -0.0868. The fraction of sp³-hybridized carbons (Fsp3) is 1.00. The summed E-state index contributed by atoms with van der Waals surface area (Å²) in [6.07, 6.45) is 1.06. The summed E-state index contributed by atoms with van der Waals surface area (Å²) in [5, 5.41) is 9.42. The molecule has 0 amide bonds. The molecule has 0 aromatic carbocycles. The van der Waals surface area contributed by atoms with E-state index in [2.05, 4.69) is 13.8 Å². The number of hydrogen-bond donors (Lipinski definition) is 1. The summed E-state index contributed by atoms with van der Waals surface area (Å²) in [6.45, 7) is 4.27. The van der Waals surface area contributed by atoms with Crippen LogP contribution in [0.5, 0.6) is 0 Å². The van der Waals surface area contributed by atoms with Crippen LogP contribution in [0.1, 0.15) is 20.3 Å². The molecule has 1 rings (SSSR count). The lowest BCUT2D eigenvalue weighted by Gasteiger charge is -2.34. The lowest BCUT2D eigenvalue weighted by atomic mass is 9.84. The van der Waals surface area contributed by atoms with E-state index in [9.17, 15) is 5.11 Å². The maximum absolute atomic E-state index is 9.42. The van der Waals surface area contributed by atoms with Crippen molar-refractivity contribution in [2.45, 2.75) is 26.4 Å². The van der Waals surface area contributed by atoms with Crippen LogP contribution < -0.4 is 0 Å². The van der Waals surface area contributed by atoms with Crippen LogP contribution in [-0.2, 0) is 0 Å². The normalized spacial score (nSPS) is 34.3. The van der Waals surface area contributed by atoms with Crippen LogP contribution in [0.4, 0.5) is 0 Å². The number of hydrogen-bond acceptors (Lipinski definition) is 2. The highest BCUT2D eigenvalue weighted by Crippen LogP contribution is 2.33. The van der Waals surface area contributed by atoms with E-state index in [4.69, 9.17) is 0 Å². The molecule has 0 aliphatic carbocycles. The summed E-state index contributed by atoms with van der Waals surface area (Å²) in [5.74, 6) is 2.14. The summed E-state index contributed by atoms with van der Waals surface area (Å²) < 4.78 is 0. The van der Waals surface area contributed by atoms with Crippen LogP contribution in [-0.4, -0.2) is 22.7 Å². The van der Waals surface area contributed by atoms with Gasteiger partial charge in [-0.2, -0.15) is 11.8 Å². The molecular formula is C7H14OS. The van der Waals surface area contributed by atoms with Gasteiger partial charge in [-0.15, -0.1) is 0 Å². The van der Waals surface area contributed by atoms with Crippen LogP contribution in [0, 0.1) is 5.41 Å². The van der Waals surface area contributed by atoms with Gasteiger partial charge in [0.25, 0.3) is 0 Å². The maximum Gasteiger partial charge on any atom is 0.0681 e. The van der Waals surface area contributed by atoms with Crippen molar-refractivity contribution in [3.8, 4) is 0 Å². The lowest BCUT2D eigenvalue weighted by molar-refractivity contribution is 0.0641. The topological polar surface area (TPSA) is 20.2 Å². The van der Waals surface area contributed by atoms with Gasteiger partial charge in [0.05, 0.1) is 6.10 Å². The van der Waals surface area contributed by atoms with Crippen molar-refractivity contribution in [1.82, 2.24) is 0 Å². The van der Waals surface area contributed by atoms with Crippen molar-refractivity contribution < 1.29 is 5.11 Å². The second-order valence-electron chi connectivity index (χ2n) is 3.33. The van der Waals surface area contributed by atoms with Gasteiger partial charge in [0, 0.05) is 5.75 Å². The van der Waals surface area contributed by atoms with E-state index >= 15 is 0 Å². The maximum atomic E-state index is 9.42. The molecule has 54 valence electrons. The lowest BCUT2D eigenvalue weighted by Crippen LogP contribution is -2.35. The van der Waals surface area contributed by atoms with Gasteiger partial charge in [0.2, 0.25) is 0 Å². The predicted molar refractivity (Wildman–Crippen MR) is 41.7 cm³/mol. The molecule has 1 unspecified atom stereocenters. The Hall–Kier alpha value is 0.310. The predicted octanol–water partition coefficient (Wildman–Crippen LogP) is 1.51. The molecule has 1 nitrogen and oxygen atoms in total. The van der Waals surface area contributed by atoms with Crippen LogP contribution in [0.3, 0.4) is 0 Å². The molecule has 0 aromatic rings. The zero-order valence-corrected chi connectivity index (χ0v) is 6.87. The first-order valence-electron chi connectivity index (χ1n) is 3.39. The van der Waals surface area contributed by atoms with E-state index in [1.165, 1.54) is 5.75 Å². The first-order chi connectivity index (χ1) is 4.13. The summed E-state index contributed by atoms with van der Waals surface area (Å²) in [5.41, 5.74) is 0.172. The number of aliphatic hydroxyl groups is 1. The SMILES string of the molecule is CC1(C)CCSCC1O. The summed E-state index contributed by atoms with van der Waals surface area (Å²) >= 11 is 1.86. The molecule has 1 heterocycles. The molecule has 0 bridgehead atoms. The summed E-state index contributed by atoms with van der Waals surface area (Å²) in [7, 11) is 0. The van der Waals surface area contributed by atoms with Gasteiger partial charge >= 0.3 is 0 Å². The van der Waals surface area contributed by atoms with Crippen LogP contribution in [0.2, 0.25) is 0 Å². The van der Waals surface area contributed by atoms with Gasteiger partial charge < -0.3 is 5.11 Å².